The lowest BCUT2D eigenvalue weighted by molar-refractivity contribution is -0.143. The molecule has 0 spiro atoms. The third kappa shape index (κ3) is 3.66. The molecule has 1 fully saturated rings. The SMILES string of the molecule is Fc1cccnc1CN1CCC(CC(F)(F)F)C1. The first-order valence-electron chi connectivity index (χ1n) is 5.82. The van der Waals surface area contributed by atoms with Crippen LogP contribution in [0.4, 0.5) is 17.6 Å². The van der Waals surface area contributed by atoms with Crippen LogP contribution in [0.25, 0.3) is 0 Å². The first kappa shape index (κ1) is 13.3. The first-order chi connectivity index (χ1) is 8.44. The number of aromatic nitrogens is 1. The van der Waals surface area contributed by atoms with Crippen molar-refractivity contribution in [2.24, 2.45) is 5.92 Å². The molecule has 2 nitrogen and oxygen atoms in total. The van der Waals surface area contributed by atoms with E-state index in [1.54, 1.807) is 0 Å². The van der Waals surface area contributed by atoms with Crippen molar-refractivity contribution in [1.29, 1.82) is 0 Å². The van der Waals surface area contributed by atoms with Crippen molar-refractivity contribution < 1.29 is 17.6 Å². The van der Waals surface area contributed by atoms with Gasteiger partial charge in [0, 0.05) is 25.7 Å². The van der Waals surface area contributed by atoms with Crippen molar-refractivity contribution in [3.05, 3.63) is 29.8 Å². The number of pyridine rings is 1. The van der Waals surface area contributed by atoms with Crippen LogP contribution >= 0.6 is 0 Å². The minimum atomic E-state index is -4.11. The molecule has 2 rings (SSSR count). The van der Waals surface area contributed by atoms with E-state index in [1.807, 2.05) is 4.90 Å². The van der Waals surface area contributed by atoms with Crippen molar-refractivity contribution in [1.82, 2.24) is 9.88 Å². The Labute approximate surface area is 103 Å². The van der Waals surface area contributed by atoms with Crippen molar-refractivity contribution >= 4 is 0 Å². The molecule has 0 aliphatic carbocycles. The Morgan fingerprint density at radius 3 is 2.83 bits per heavy atom. The van der Waals surface area contributed by atoms with Crippen LogP contribution in [0.1, 0.15) is 18.5 Å². The van der Waals surface area contributed by atoms with Crippen LogP contribution in [-0.4, -0.2) is 29.1 Å². The summed E-state index contributed by atoms with van der Waals surface area (Å²) in [5.41, 5.74) is 0.296. The minimum absolute atomic E-state index is 0.279. The highest BCUT2D eigenvalue weighted by Crippen LogP contribution is 2.30. The average Bonchev–Trinajstić information content (AvgIpc) is 2.66. The normalized spacial score (nSPS) is 21.4. The highest BCUT2D eigenvalue weighted by molar-refractivity contribution is 5.07. The zero-order chi connectivity index (χ0) is 13.2. The van der Waals surface area contributed by atoms with Crippen LogP contribution in [0.3, 0.4) is 0 Å². The van der Waals surface area contributed by atoms with Gasteiger partial charge in [0.1, 0.15) is 5.82 Å². The van der Waals surface area contributed by atoms with Gasteiger partial charge in [0.15, 0.2) is 0 Å². The summed E-state index contributed by atoms with van der Waals surface area (Å²) < 4.78 is 50.0. The maximum absolute atomic E-state index is 13.3. The number of hydrogen-bond acceptors (Lipinski definition) is 2. The van der Waals surface area contributed by atoms with Gasteiger partial charge in [0.25, 0.3) is 0 Å². The van der Waals surface area contributed by atoms with Gasteiger partial charge in [-0.2, -0.15) is 13.2 Å². The number of nitrogens with zero attached hydrogens (tertiary/aromatic N) is 2. The molecular formula is C12H14F4N2. The smallest absolute Gasteiger partial charge is 0.297 e. The summed E-state index contributed by atoms with van der Waals surface area (Å²) in [6.07, 6.45) is -2.87. The predicted molar refractivity (Wildman–Crippen MR) is 58.3 cm³/mol. The van der Waals surface area contributed by atoms with Crippen LogP contribution in [0.5, 0.6) is 0 Å². The van der Waals surface area contributed by atoms with Gasteiger partial charge >= 0.3 is 6.18 Å². The highest BCUT2D eigenvalue weighted by Gasteiger charge is 2.35. The fourth-order valence-corrected chi connectivity index (χ4v) is 2.30. The van der Waals surface area contributed by atoms with E-state index < -0.39 is 18.4 Å². The molecule has 1 aromatic rings. The topological polar surface area (TPSA) is 16.1 Å². The molecule has 1 saturated heterocycles. The molecule has 0 saturated carbocycles. The summed E-state index contributed by atoms with van der Waals surface area (Å²) in [4.78, 5) is 5.72. The monoisotopic (exact) mass is 262 g/mol. The molecule has 1 aliphatic rings. The van der Waals surface area contributed by atoms with E-state index >= 15 is 0 Å². The highest BCUT2D eigenvalue weighted by atomic mass is 19.4. The number of alkyl halides is 3. The molecule has 2 heterocycles. The van der Waals surface area contributed by atoms with Crippen LogP contribution < -0.4 is 0 Å². The lowest BCUT2D eigenvalue weighted by Crippen LogP contribution is -2.23. The quantitative estimate of drug-likeness (QED) is 0.778. The second kappa shape index (κ2) is 5.22. The summed E-state index contributed by atoms with van der Waals surface area (Å²) in [6.45, 7) is 1.20. The average molecular weight is 262 g/mol. The maximum atomic E-state index is 13.3. The summed E-state index contributed by atoms with van der Waals surface area (Å²) in [7, 11) is 0. The Kier molecular flexibility index (Phi) is 3.85. The number of likely N-dealkylation sites (tertiary alicyclic amines) is 1. The second-order valence-corrected chi connectivity index (χ2v) is 4.64. The molecule has 6 heteroatoms. The molecule has 0 aromatic carbocycles. The van der Waals surface area contributed by atoms with Gasteiger partial charge in [-0.15, -0.1) is 0 Å². The van der Waals surface area contributed by atoms with E-state index in [2.05, 4.69) is 4.98 Å². The molecule has 1 atom stereocenters. The molecule has 1 unspecified atom stereocenters. The van der Waals surface area contributed by atoms with Crippen molar-refractivity contribution in [2.45, 2.75) is 25.6 Å². The number of halogens is 4. The van der Waals surface area contributed by atoms with Gasteiger partial charge in [0.2, 0.25) is 0 Å². The van der Waals surface area contributed by atoms with Crippen LogP contribution in [0.15, 0.2) is 18.3 Å². The Morgan fingerprint density at radius 1 is 1.39 bits per heavy atom. The summed E-state index contributed by atoms with van der Waals surface area (Å²) in [5.74, 6) is -0.784. The molecule has 1 aromatic heterocycles. The van der Waals surface area contributed by atoms with Gasteiger partial charge < -0.3 is 0 Å². The Hall–Kier alpha value is -1.17. The molecule has 0 radical (unpaired) electrons. The zero-order valence-corrected chi connectivity index (χ0v) is 9.75. The Bertz CT molecular complexity index is 405. The fraction of sp³-hybridized carbons (Fsp3) is 0.583. The minimum Gasteiger partial charge on any atom is -0.297 e. The van der Waals surface area contributed by atoms with Gasteiger partial charge in [-0.1, -0.05) is 0 Å². The summed E-state index contributed by atoms with van der Waals surface area (Å²) in [5, 5.41) is 0. The van der Waals surface area contributed by atoms with Crippen molar-refractivity contribution in [2.75, 3.05) is 13.1 Å². The fourth-order valence-electron chi connectivity index (χ4n) is 2.30. The Morgan fingerprint density at radius 2 is 2.17 bits per heavy atom. The van der Waals surface area contributed by atoms with Gasteiger partial charge in [-0.3, -0.25) is 9.88 Å². The second-order valence-electron chi connectivity index (χ2n) is 4.64. The number of rotatable bonds is 3. The molecule has 0 N–H and O–H groups in total. The first-order valence-corrected chi connectivity index (χ1v) is 5.82. The molecular weight excluding hydrogens is 248 g/mol. The van der Waals surface area contributed by atoms with E-state index in [9.17, 15) is 17.6 Å². The third-order valence-electron chi connectivity index (χ3n) is 3.10. The van der Waals surface area contributed by atoms with Crippen molar-refractivity contribution in [3.63, 3.8) is 0 Å². The predicted octanol–water partition coefficient (Wildman–Crippen LogP) is 3.00. The van der Waals surface area contributed by atoms with Gasteiger partial charge in [-0.05, 0) is 31.0 Å². The molecule has 1 aliphatic heterocycles. The third-order valence-corrected chi connectivity index (χ3v) is 3.10. The summed E-state index contributed by atoms with van der Waals surface area (Å²) in [6, 6.07) is 2.81. The number of hydrogen-bond donors (Lipinski definition) is 0. The molecule has 18 heavy (non-hydrogen) atoms. The van der Waals surface area contributed by atoms with E-state index in [1.165, 1.54) is 18.3 Å². The zero-order valence-electron chi connectivity index (χ0n) is 9.75. The Balaban J connectivity index is 1.88. The van der Waals surface area contributed by atoms with E-state index in [0.29, 0.717) is 25.2 Å². The van der Waals surface area contributed by atoms with Crippen LogP contribution in [-0.2, 0) is 6.54 Å². The van der Waals surface area contributed by atoms with Crippen LogP contribution in [0, 0.1) is 11.7 Å². The summed E-state index contributed by atoms with van der Waals surface area (Å²) >= 11 is 0. The van der Waals surface area contributed by atoms with E-state index in [4.69, 9.17) is 0 Å². The molecule has 0 amide bonds. The van der Waals surface area contributed by atoms with Gasteiger partial charge in [0.05, 0.1) is 5.69 Å². The van der Waals surface area contributed by atoms with Gasteiger partial charge in [-0.25, -0.2) is 4.39 Å². The molecule has 0 bridgehead atoms. The van der Waals surface area contributed by atoms with E-state index in [0.717, 1.165) is 0 Å². The van der Waals surface area contributed by atoms with Crippen LogP contribution in [0.2, 0.25) is 0 Å². The van der Waals surface area contributed by atoms with Crippen molar-refractivity contribution in [3.8, 4) is 0 Å². The maximum Gasteiger partial charge on any atom is 0.389 e. The molecule has 100 valence electrons. The standard InChI is InChI=1S/C12H14F4N2/c13-10-2-1-4-17-11(10)8-18-5-3-9(7-18)6-12(14,15)16/h1-2,4,9H,3,5-8H2. The van der Waals surface area contributed by atoms with E-state index in [-0.39, 0.29) is 12.5 Å². The lowest BCUT2D eigenvalue weighted by Gasteiger charge is -2.16. The largest absolute Gasteiger partial charge is 0.389 e. The lowest BCUT2D eigenvalue weighted by atomic mass is 10.1.